The average Bonchev–Trinajstić information content (AvgIpc) is 2.86. The largest absolute Gasteiger partial charge is 0.398 e. The van der Waals surface area contributed by atoms with Crippen molar-refractivity contribution in [1.29, 1.82) is 0 Å². The van der Waals surface area contributed by atoms with Gasteiger partial charge in [0.05, 0.1) is 0 Å². The van der Waals surface area contributed by atoms with Crippen LogP contribution >= 0.6 is 11.3 Å². The van der Waals surface area contributed by atoms with Gasteiger partial charge in [0.1, 0.15) is 0 Å². The molecule has 1 aromatic carbocycles. The molecule has 1 aromatic heterocycles. The number of anilines is 1. The molecule has 18 heavy (non-hydrogen) atoms. The minimum atomic E-state index is 0.500. The summed E-state index contributed by atoms with van der Waals surface area (Å²) in [5, 5.41) is 5.86. The van der Waals surface area contributed by atoms with Crippen molar-refractivity contribution in [1.82, 2.24) is 5.32 Å². The number of fused-ring (bicyclic) bond motifs is 1. The fourth-order valence-electron chi connectivity index (χ4n) is 2.63. The van der Waals surface area contributed by atoms with E-state index >= 15 is 0 Å². The molecular weight excluding hydrogens is 240 g/mol. The Kier molecular flexibility index (Phi) is 3.35. The Morgan fingerprint density at radius 2 is 2.17 bits per heavy atom. The Labute approximate surface area is 112 Å². The van der Waals surface area contributed by atoms with Crippen LogP contribution in [0.25, 0.3) is 0 Å². The zero-order chi connectivity index (χ0) is 12.4. The van der Waals surface area contributed by atoms with Gasteiger partial charge in [0.2, 0.25) is 0 Å². The van der Waals surface area contributed by atoms with Crippen LogP contribution < -0.4 is 11.1 Å². The maximum Gasteiger partial charge on any atom is 0.0359 e. The smallest absolute Gasteiger partial charge is 0.0359 e. The Morgan fingerprint density at radius 3 is 3.06 bits per heavy atom. The third kappa shape index (κ3) is 2.28. The van der Waals surface area contributed by atoms with Gasteiger partial charge in [-0.25, -0.2) is 0 Å². The molecular formula is C15H18N2S. The maximum atomic E-state index is 5.97. The van der Waals surface area contributed by atoms with Crippen molar-refractivity contribution in [3.05, 3.63) is 51.7 Å². The van der Waals surface area contributed by atoms with Crippen LogP contribution in [0.1, 0.15) is 34.9 Å². The number of nitrogens with one attached hydrogen (secondary N) is 1. The van der Waals surface area contributed by atoms with E-state index in [4.69, 9.17) is 5.73 Å². The van der Waals surface area contributed by atoms with Crippen molar-refractivity contribution in [2.75, 3.05) is 5.73 Å². The first-order chi connectivity index (χ1) is 8.84. The molecule has 0 aliphatic heterocycles. The SMILES string of the molecule is Nc1ccccc1CNC1CCCc2sccc21. The molecule has 0 bridgehead atoms. The van der Waals surface area contributed by atoms with Crippen molar-refractivity contribution in [3.8, 4) is 0 Å². The third-order valence-corrected chi connectivity index (χ3v) is 4.64. The summed E-state index contributed by atoms with van der Waals surface area (Å²) in [4.78, 5) is 1.56. The molecule has 2 nitrogen and oxygen atoms in total. The molecule has 3 heteroatoms. The van der Waals surface area contributed by atoms with E-state index < -0.39 is 0 Å². The van der Waals surface area contributed by atoms with Crippen molar-refractivity contribution in [2.45, 2.75) is 31.8 Å². The van der Waals surface area contributed by atoms with Gasteiger partial charge in [0.15, 0.2) is 0 Å². The van der Waals surface area contributed by atoms with Crippen molar-refractivity contribution < 1.29 is 0 Å². The van der Waals surface area contributed by atoms with Gasteiger partial charge in [-0.3, -0.25) is 0 Å². The molecule has 0 radical (unpaired) electrons. The van der Waals surface area contributed by atoms with Crippen LogP contribution in [0, 0.1) is 0 Å². The van der Waals surface area contributed by atoms with Crippen LogP contribution in [0.2, 0.25) is 0 Å². The molecule has 1 unspecified atom stereocenters. The molecule has 1 heterocycles. The second kappa shape index (κ2) is 5.12. The van der Waals surface area contributed by atoms with E-state index in [1.165, 1.54) is 30.4 Å². The van der Waals surface area contributed by atoms with E-state index in [1.54, 1.807) is 4.88 Å². The summed E-state index contributed by atoms with van der Waals surface area (Å²) in [6.07, 6.45) is 3.77. The standard InChI is InChI=1S/C15H18N2S/c16-13-5-2-1-4-11(13)10-17-14-6-3-7-15-12(14)8-9-18-15/h1-2,4-5,8-9,14,17H,3,6-7,10,16H2. The molecule has 94 valence electrons. The fourth-order valence-corrected chi connectivity index (χ4v) is 3.61. The Hall–Kier alpha value is -1.32. The molecule has 0 saturated carbocycles. The van der Waals surface area contributed by atoms with Crippen LogP contribution in [-0.4, -0.2) is 0 Å². The first-order valence-corrected chi connectivity index (χ1v) is 7.35. The lowest BCUT2D eigenvalue weighted by molar-refractivity contribution is 0.463. The molecule has 0 amide bonds. The molecule has 2 aromatic rings. The lowest BCUT2D eigenvalue weighted by atomic mass is 9.94. The Morgan fingerprint density at radius 1 is 1.28 bits per heavy atom. The normalized spacial score (nSPS) is 18.6. The molecule has 3 N–H and O–H groups in total. The monoisotopic (exact) mass is 258 g/mol. The summed E-state index contributed by atoms with van der Waals surface area (Å²) < 4.78 is 0. The molecule has 0 spiro atoms. The molecule has 0 fully saturated rings. The van der Waals surface area contributed by atoms with Crippen LogP contribution in [-0.2, 0) is 13.0 Å². The molecule has 1 aliphatic rings. The summed E-state index contributed by atoms with van der Waals surface area (Å²) in [5.41, 5.74) is 9.55. The first-order valence-electron chi connectivity index (χ1n) is 6.47. The Bertz CT molecular complexity index is 533. The van der Waals surface area contributed by atoms with Gasteiger partial charge in [-0.05, 0) is 47.9 Å². The van der Waals surface area contributed by atoms with Gasteiger partial charge in [-0.15, -0.1) is 11.3 Å². The average molecular weight is 258 g/mol. The highest BCUT2D eigenvalue weighted by Gasteiger charge is 2.20. The summed E-state index contributed by atoms with van der Waals surface area (Å²) >= 11 is 1.89. The lowest BCUT2D eigenvalue weighted by Gasteiger charge is -2.24. The topological polar surface area (TPSA) is 38.0 Å². The van der Waals surface area contributed by atoms with Crippen LogP contribution in [0.3, 0.4) is 0 Å². The number of thiophene rings is 1. The minimum Gasteiger partial charge on any atom is -0.398 e. The lowest BCUT2D eigenvalue weighted by Crippen LogP contribution is -2.24. The van der Waals surface area contributed by atoms with Crippen molar-refractivity contribution in [2.24, 2.45) is 0 Å². The fraction of sp³-hybridized carbons (Fsp3) is 0.333. The quantitative estimate of drug-likeness (QED) is 0.827. The number of nitrogens with two attached hydrogens (primary N) is 1. The van der Waals surface area contributed by atoms with Gasteiger partial charge in [0, 0.05) is 23.2 Å². The highest BCUT2D eigenvalue weighted by Crippen LogP contribution is 2.33. The molecule has 1 atom stereocenters. The van der Waals surface area contributed by atoms with Gasteiger partial charge in [-0.2, -0.15) is 0 Å². The van der Waals surface area contributed by atoms with Gasteiger partial charge in [-0.1, -0.05) is 18.2 Å². The van der Waals surface area contributed by atoms with Crippen LogP contribution in [0.5, 0.6) is 0 Å². The number of benzene rings is 1. The zero-order valence-corrected chi connectivity index (χ0v) is 11.2. The summed E-state index contributed by atoms with van der Waals surface area (Å²) in [6, 6.07) is 10.9. The van der Waals surface area contributed by atoms with Gasteiger partial charge < -0.3 is 11.1 Å². The van der Waals surface area contributed by atoms with E-state index in [0.717, 1.165) is 12.2 Å². The van der Waals surface area contributed by atoms with E-state index in [-0.39, 0.29) is 0 Å². The predicted octanol–water partition coefficient (Wildman–Crippen LogP) is 3.50. The number of hydrogen-bond acceptors (Lipinski definition) is 3. The summed E-state index contributed by atoms with van der Waals surface area (Å²) in [6.45, 7) is 0.854. The summed E-state index contributed by atoms with van der Waals surface area (Å²) in [5.74, 6) is 0. The van der Waals surface area contributed by atoms with Gasteiger partial charge in [0.25, 0.3) is 0 Å². The molecule has 1 aliphatic carbocycles. The minimum absolute atomic E-state index is 0.500. The molecule has 0 saturated heterocycles. The van der Waals surface area contributed by atoms with E-state index in [0.29, 0.717) is 6.04 Å². The molecule has 3 rings (SSSR count). The number of hydrogen-bond donors (Lipinski definition) is 2. The first kappa shape index (κ1) is 11.8. The number of nitrogen functional groups attached to an aromatic ring is 1. The van der Waals surface area contributed by atoms with Crippen LogP contribution in [0.15, 0.2) is 35.7 Å². The second-order valence-electron chi connectivity index (χ2n) is 4.82. The van der Waals surface area contributed by atoms with E-state index in [1.807, 2.05) is 29.5 Å². The number of para-hydroxylation sites is 1. The number of rotatable bonds is 3. The summed E-state index contributed by atoms with van der Waals surface area (Å²) in [7, 11) is 0. The zero-order valence-electron chi connectivity index (χ0n) is 10.4. The third-order valence-electron chi connectivity index (χ3n) is 3.65. The highest BCUT2D eigenvalue weighted by atomic mass is 32.1. The Balaban J connectivity index is 1.71. The predicted molar refractivity (Wildman–Crippen MR) is 77.7 cm³/mol. The van der Waals surface area contributed by atoms with Crippen molar-refractivity contribution in [3.63, 3.8) is 0 Å². The van der Waals surface area contributed by atoms with Crippen molar-refractivity contribution >= 4 is 17.0 Å². The maximum absolute atomic E-state index is 5.97. The van der Waals surface area contributed by atoms with E-state index in [9.17, 15) is 0 Å². The highest BCUT2D eigenvalue weighted by molar-refractivity contribution is 7.10. The number of aryl methyl sites for hydroxylation is 1. The van der Waals surface area contributed by atoms with Gasteiger partial charge >= 0.3 is 0 Å². The van der Waals surface area contributed by atoms with Crippen LogP contribution in [0.4, 0.5) is 5.69 Å². The second-order valence-corrected chi connectivity index (χ2v) is 5.82. The van der Waals surface area contributed by atoms with E-state index in [2.05, 4.69) is 22.8 Å².